The molecule has 0 heterocycles. The molecule has 0 saturated heterocycles. The second-order valence-electron chi connectivity index (χ2n) is 6.97. The maximum Gasteiger partial charge on any atom is 0.573 e. The van der Waals surface area contributed by atoms with E-state index in [1.54, 1.807) is 6.08 Å². The van der Waals surface area contributed by atoms with Crippen LogP contribution < -0.4 is 4.74 Å². The van der Waals surface area contributed by atoms with Crippen molar-refractivity contribution in [2.75, 3.05) is 0 Å². The lowest BCUT2D eigenvalue weighted by Gasteiger charge is -2.19. The Morgan fingerprint density at radius 3 is 2.32 bits per heavy atom. The minimum atomic E-state index is -4.75. The Hall–Kier alpha value is -2.37. The van der Waals surface area contributed by atoms with Gasteiger partial charge < -0.3 is 4.74 Å². The average Bonchev–Trinajstić information content (AvgIpc) is 2.60. The van der Waals surface area contributed by atoms with Gasteiger partial charge in [0.1, 0.15) is 17.4 Å². The van der Waals surface area contributed by atoms with Crippen LogP contribution in [0.15, 0.2) is 30.3 Å². The van der Waals surface area contributed by atoms with Crippen molar-refractivity contribution in [3.05, 3.63) is 64.2 Å². The smallest absolute Gasteiger partial charge is 0.406 e. The number of rotatable bonds is 6. The third kappa shape index (κ3) is 4.91. The number of aryl methyl sites for hydroxylation is 2. The van der Waals surface area contributed by atoms with Crippen molar-refractivity contribution in [1.29, 1.82) is 0 Å². The first-order chi connectivity index (χ1) is 13.3. The molecule has 0 N–H and O–H groups in total. The second kappa shape index (κ2) is 8.33. The lowest BCUT2D eigenvalue weighted by molar-refractivity contribution is -0.274. The van der Waals surface area contributed by atoms with E-state index in [1.807, 2.05) is 0 Å². The lowest BCUT2D eigenvalue weighted by atomic mass is 9.87. The number of ether oxygens (including phenoxy) is 1. The molecule has 0 aromatic heterocycles. The topological polar surface area (TPSA) is 9.23 Å². The zero-order chi connectivity index (χ0) is 20.3. The van der Waals surface area contributed by atoms with Crippen LogP contribution in [-0.2, 0) is 12.8 Å². The Balaban J connectivity index is 1.85. The summed E-state index contributed by atoms with van der Waals surface area (Å²) in [5, 5.41) is 0. The van der Waals surface area contributed by atoms with Gasteiger partial charge in [-0.15, -0.1) is 13.2 Å². The minimum Gasteiger partial charge on any atom is -0.406 e. The summed E-state index contributed by atoms with van der Waals surface area (Å²) in [5.74, 6) is -1.49. The maximum atomic E-state index is 14.6. The summed E-state index contributed by atoms with van der Waals surface area (Å²) < 4.78 is 70.2. The van der Waals surface area contributed by atoms with E-state index in [0.29, 0.717) is 41.5 Å². The SMILES string of the molecule is CCCCCc1cc(F)c(C2=Cc3ccc(OC(F)(F)F)cc3CC2)c(F)c1. The van der Waals surface area contributed by atoms with Crippen LogP contribution in [0.1, 0.15) is 54.9 Å². The number of halogens is 5. The quantitative estimate of drug-likeness (QED) is 0.374. The first-order valence-corrected chi connectivity index (χ1v) is 9.34. The molecule has 1 nitrogen and oxygen atoms in total. The molecular formula is C22H21F5O. The molecule has 0 amide bonds. The first-order valence-electron chi connectivity index (χ1n) is 9.34. The van der Waals surface area contributed by atoms with Gasteiger partial charge in [-0.25, -0.2) is 8.78 Å². The van der Waals surface area contributed by atoms with Crippen LogP contribution in [0.2, 0.25) is 0 Å². The molecule has 0 unspecified atom stereocenters. The zero-order valence-corrected chi connectivity index (χ0v) is 15.5. The van der Waals surface area contributed by atoms with E-state index >= 15 is 0 Å². The fourth-order valence-corrected chi connectivity index (χ4v) is 3.52. The number of alkyl halides is 3. The van der Waals surface area contributed by atoms with E-state index in [2.05, 4.69) is 11.7 Å². The molecule has 0 spiro atoms. The molecule has 0 aliphatic heterocycles. The highest BCUT2D eigenvalue weighted by Crippen LogP contribution is 2.36. The number of hydrogen-bond donors (Lipinski definition) is 0. The summed E-state index contributed by atoms with van der Waals surface area (Å²) in [4.78, 5) is 0. The fourth-order valence-electron chi connectivity index (χ4n) is 3.52. The van der Waals surface area contributed by atoms with Crippen LogP contribution in [0.25, 0.3) is 11.6 Å². The molecule has 0 atom stereocenters. The second-order valence-corrected chi connectivity index (χ2v) is 6.97. The maximum absolute atomic E-state index is 14.6. The van der Waals surface area contributed by atoms with Gasteiger partial charge in [0.25, 0.3) is 0 Å². The van der Waals surface area contributed by atoms with E-state index < -0.39 is 18.0 Å². The Kier molecular flexibility index (Phi) is 6.06. The Morgan fingerprint density at radius 1 is 0.964 bits per heavy atom. The first kappa shape index (κ1) is 20.4. The van der Waals surface area contributed by atoms with Gasteiger partial charge >= 0.3 is 6.36 Å². The van der Waals surface area contributed by atoms with Gasteiger partial charge in [0.2, 0.25) is 0 Å². The molecule has 0 saturated carbocycles. The van der Waals surface area contributed by atoms with Gasteiger partial charge in [-0.2, -0.15) is 0 Å². The van der Waals surface area contributed by atoms with Gasteiger partial charge in [0.05, 0.1) is 0 Å². The van der Waals surface area contributed by atoms with Crippen molar-refractivity contribution in [2.24, 2.45) is 0 Å². The van der Waals surface area contributed by atoms with E-state index in [4.69, 9.17) is 0 Å². The minimum absolute atomic E-state index is 0.0551. The molecule has 0 bridgehead atoms. The van der Waals surface area contributed by atoms with E-state index in [-0.39, 0.29) is 11.3 Å². The molecule has 2 aromatic rings. The number of allylic oxidation sites excluding steroid dienone is 1. The average molecular weight is 396 g/mol. The Labute approximate surface area is 160 Å². The van der Waals surface area contributed by atoms with Crippen molar-refractivity contribution in [3.63, 3.8) is 0 Å². The molecule has 3 rings (SSSR count). The standard InChI is InChI=1S/C22H21F5O/c1-2-3-4-5-14-10-19(23)21(20(24)11-14)17-7-6-16-13-18(28-22(25,26)27)9-8-15(16)12-17/h8-13H,2-7H2,1H3. The number of fused-ring (bicyclic) bond motifs is 1. The summed E-state index contributed by atoms with van der Waals surface area (Å²) in [6.45, 7) is 2.07. The van der Waals surface area contributed by atoms with Gasteiger partial charge in [0.15, 0.2) is 0 Å². The van der Waals surface area contributed by atoms with Crippen molar-refractivity contribution in [1.82, 2.24) is 0 Å². The highest BCUT2D eigenvalue weighted by Gasteiger charge is 2.31. The molecule has 28 heavy (non-hydrogen) atoms. The predicted molar refractivity (Wildman–Crippen MR) is 98.9 cm³/mol. The van der Waals surface area contributed by atoms with E-state index in [1.165, 1.54) is 30.3 Å². The summed E-state index contributed by atoms with van der Waals surface area (Å²) in [6, 6.07) is 6.76. The van der Waals surface area contributed by atoms with Crippen molar-refractivity contribution < 1.29 is 26.7 Å². The third-order valence-electron chi connectivity index (χ3n) is 4.83. The third-order valence-corrected chi connectivity index (χ3v) is 4.83. The fraction of sp³-hybridized carbons (Fsp3) is 0.364. The molecule has 1 aliphatic carbocycles. The van der Waals surface area contributed by atoms with Crippen LogP contribution in [0, 0.1) is 11.6 Å². The Morgan fingerprint density at radius 2 is 1.68 bits per heavy atom. The summed E-state index contributed by atoms with van der Waals surface area (Å²) in [7, 11) is 0. The van der Waals surface area contributed by atoms with Crippen LogP contribution >= 0.6 is 0 Å². The summed E-state index contributed by atoms with van der Waals surface area (Å²) >= 11 is 0. The van der Waals surface area contributed by atoms with Gasteiger partial charge in [-0.1, -0.05) is 31.9 Å². The highest BCUT2D eigenvalue weighted by molar-refractivity contribution is 5.85. The number of unbranched alkanes of at least 4 members (excludes halogenated alkanes) is 2. The molecular weight excluding hydrogens is 375 g/mol. The Bertz CT molecular complexity index is 860. The molecule has 2 aromatic carbocycles. The van der Waals surface area contributed by atoms with Crippen molar-refractivity contribution in [3.8, 4) is 5.75 Å². The normalized spacial score (nSPS) is 13.9. The van der Waals surface area contributed by atoms with Crippen molar-refractivity contribution in [2.45, 2.75) is 51.8 Å². The molecule has 6 heteroatoms. The van der Waals surface area contributed by atoms with Crippen molar-refractivity contribution >= 4 is 11.6 Å². The highest BCUT2D eigenvalue weighted by atomic mass is 19.4. The molecule has 0 fully saturated rings. The monoisotopic (exact) mass is 396 g/mol. The van der Waals surface area contributed by atoms with Gasteiger partial charge in [-0.3, -0.25) is 0 Å². The van der Waals surface area contributed by atoms with Crippen LogP contribution in [0.3, 0.4) is 0 Å². The van der Waals surface area contributed by atoms with Crippen LogP contribution in [0.5, 0.6) is 5.75 Å². The van der Waals surface area contributed by atoms with Gasteiger partial charge in [0, 0.05) is 5.56 Å². The van der Waals surface area contributed by atoms with Crippen LogP contribution in [0.4, 0.5) is 22.0 Å². The predicted octanol–water partition coefficient (Wildman–Crippen LogP) is 7.08. The zero-order valence-electron chi connectivity index (χ0n) is 15.5. The van der Waals surface area contributed by atoms with Crippen LogP contribution in [-0.4, -0.2) is 6.36 Å². The largest absolute Gasteiger partial charge is 0.573 e. The number of hydrogen-bond acceptors (Lipinski definition) is 1. The lowest BCUT2D eigenvalue weighted by Crippen LogP contribution is -2.17. The molecule has 0 radical (unpaired) electrons. The molecule has 150 valence electrons. The van der Waals surface area contributed by atoms with E-state index in [9.17, 15) is 22.0 Å². The summed E-state index contributed by atoms with van der Waals surface area (Å²) in [6.07, 6.45) is 1.15. The summed E-state index contributed by atoms with van der Waals surface area (Å²) in [5.41, 5.74) is 2.38. The molecule has 1 aliphatic rings. The number of benzene rings is 2. The van der Waals surface area contributed by atoms with Gasteiger partial charge in [-0.05, 0) is 72.2 Å². The van der Waals surface area contributed by atoms with E-state index in [0.717, 1.165) is 19.3 Å².